The number of rotatable bonds is 0. The Morgan fingerprint density at radius 2 is 1.94 bits per heavy atom. The molecule has 0 aromatic carbocycles. The van der Waals surface area contributed by atoms with Gasteiger partial charge in [-0.1, -0.05) is 26.8 Å². The average molecular weight is 221 g/mol. The fourth-order valence-electron chi connectivity index (χ4n) is 2.40. The predicted octanol–water partition coefficient (Wildman–Crippen LogP) is 3.36. The second-order valence-electron chi connectivity index (χ2n) is 4.89. The minimum atomic E-state index is -0.289. The molecular weight excluding hydrogens is 198 g/mol. The van der Waals surface area contributed by atoms with E-state index >= 15 is 0 Å². The van der Waals surface area contributed by atoms with Gasteiger partial charge in [-0.2, -0.15) is 0 Å². The zero-order valence-corrected chi connectivity index (χ0v) is 11.3. The molecule has 0 bridgehead atoms. The van der Waals surface area contributed by atoms with Crippen molar-refractivity contribution < 1.29 is 4.79 Å². The first-order valence-electron chi connectivity index (χ1n) is 6.14. The number of allylic oxidation sites excluding steroid dienone is 2. The summed E-state index contributed by atoms with van der Waals surface area (Å²) in [5.74, 6) is 0.786. The maximum atomic E-state index is 12.0. The first-order chi connectivity index (χ1) is 7.44. The van der Waals surface area contributed by atoms with Crippen molar-refractivity contribution in [2.75, 3.05) is 7.05 Å². The minimum Gasteiger partial charge on any atom is -0.315 e. The van der Waals surface area contributed by atoms with Crippen LogP contribution >= 0.6 is 0 Å². The fourth-order valence-corrected chi connectivity index (χ4v) is 2.40. The van der Waals surface area contributed by atoms with Crippen LogP contribution in [0.15, 0.2) is 23.4 Å². The monoisotopic (exact) mass is 221 g/mol. The summed E-state index contributed by atoms with van der Waals surface area (Å²) in [7, 11) is 1.87. The van der Waals surface area contributed by atoms with E-state index in [9.17, 15) is 4.79 Å². The molecule has 0 aromatic heterocycles. The van der Waals surface area contributed by atoms with Crippen LogP contribution in [0, 0.1) is 11.3 Å². The lowest BCUT2D eigenvalue weighted by molar-refractivity contribution is -0.132. The Bertz CT molecular complexity index is 350. The number of amides is 1. The standard InChI is InChI=1S/C12H17NO.C2H6/c1-8-5-6-10-9(7-8)12(2,3)11(14)13(10)4;1-2/h5-6,8H,7H2,1-4H3;1-2H3. The van der Waals surface area contributed by atoms with E-state index in [0.717, 1.165) is 12.1 Å². The van der Waals surface area contributed by atoms with Gasteiger partial charge in [0.15, 0.2) is 0 Å². The van der Waals surface area contributed by atoms with Gasteiger partial charge in [0.25, 0.3) is 0 Å². The molecule has 1 unspecified atom stereocenters. The molecule has 0 fully saturated rings. The van der Waals surface area contributed by atoms with Crippen LogP contribution in [0.2, 0.25) is 0 Å². The quantitative estimate of drug-likeness (QED) is 0.614. The minimum absolute atomic E-state index is 0.223. The van der Waals surface area contributed by atoms with Crippen LogP contribution in [0.4, 0.5) is 0 Å². The summed E-state index contributed by atoms with van der Waals surface area (Å²) in [6.45, 7) is 10.2. The number of carbonyl (C=O) groups is 1. The average Bonchev–Trinajstić information content (AvgIpc) is 2.44. The molecule has 1 heterocycles. The summed E-state index contributed by atoms with van der Waals surface area (Å²) < 4.78 is 0. The largest absolute Gasteiger partial charge is 0.315 e. The Morgan fingerprint density at radius 1 is 1.38 bits per heavy atom. The maximum absolute atomic E-state index is 12.0. The van der Waals surface area contributed by atoms with Crippen molar-refractivity contribution in [3.05, 3.63) is 23.4 Å². The van der Waals surface area contributed by atoms with Crippen molar-refractivity contribution in [1.29, 1.82) is 0 Å². The van der Waals surface area contributed by atoms with E-state index in [-0.39, 0.29) is 11.3 Å². The van der Waals surface area contributed by atoms with Gasteiger partial charge < -0.3 is 4.90 Å². The third-order valence-corrected chi connectivity index (χ3v) is 3.37. The number of hydrogen-bond acceptors (Lipinski definition) is 1. The van der Waals surface area contributed by atoms with E-state index in [1.807, 2.05) is 34.7 Å². The van der Waals surface area contributed by atoms with Crippen molar-refractivity contribution in [3.63, 3.8) is 0 Å². The summed E-state index contributed by atoms with van der Waals surface area (Å²) in [5.41, 5.74) is 2.14. The van der Waals surface area contributed by atoms with E-state index in [1.165, 1.54) is 5.57 Å². The van der Waals surface area contributed by atoms with E-state index < -0.39 is 0 Å². The first kappa shape index (κ1) is 13.0. The SMILES string of the molecule is CC.CC1C=CC2=C(C1)C(C)(C)C(=O)N2C. The fraction of sp³-hybridized carbons (Fsp3) is 0.643. The van der Waals surface area contributed by atoms with E-state index in [2.05, 4.69) is 19.1 Å². The molecule has 0 radical (unpaired) electrons. The normalized spacial score (nSPS) is 26.5. The van der Waals surface area contributed by atoms with Crippen LogP contribution in [-0.2, 0) is 4.79 Å². The van der Waals surface area contributed by atoms with Crippen LogP contribution < -0.4 is 0 Å². The summed E-state index contributed by atoms with van der Waals surface area (Å²) in [4.78, 5) is 13.7. The molecule has 1 atom stereocenters. The van der Waals surface area contributed by atoms with Gasteiger partial charge in [-0.15, -0.1) is 0 Å². The third kappa shape index (κ3) is 1.81. The Labute approximate surface area is 99.0 Å². The third-order valence-electron chi connectivity index (χ3n) is 3.37. The lowest BCUT2D eigenvalue weighted by atomic mass is 9.79. The van der Waals surface area contributed by atoms with Crippen LogP contribution in [0.25, 0.3) is 0 Å². The molecule has 90 valence electrons. The molecule has 1 aliphatic heterocycles. The van der Waals surface area contributed by atoms with Crippen LogP contribution in [0.5, 0.6) is 0 Å². The van der Waals surface area contributed by atoms with Gasteiger partial charge in [-0.05, 0) is 37.8 Å². The summed E-state index contributed by atoms with van der Waals surface area (Å²) >= 11 is 0. The molecule has 0 aromatic rings. The molecule has 0 N–H and O–H groups in total. The van der Waals surface area contributed by atoms with Gasteiger partial charge in [-0.3, -0.25) is 4.79 Å². The second-order valence-corrected chi connectivity index (χ2v) is 4.89. The van der Waals surface area contributed by atoms with Gasteiger partial charge in [0.05, 0.1) is 5.41 Å². The molecule has 1 aliphatic carbocycles. The number of likely N-dealkylation sites (N-methyl/N-ethyl adjacent to an activating group) is 1. The van der Waals surface area contributed by atoms with Crippen LogP contribution in [0.3, 0.4) is 0 Å². The van der Waals surface area contributed by atoms with Gasteiger partial charge in [-0.25, -0.2) is 0 Å². The van der Waals surface area contributed by atoms with E-state index in [1.54, 1.807) is 4.90 Å². The summed E-state index contributed by atoms with van der Waals surface area (Å²) in [6, 6.07) is 0. The molecule has 1 amide bonds. The Morgan fingerprint density at radius 3 is 2.50 bits per heavy atom. The molecule has 16 heavy (non-hydrogen) atoms. The Kier molecular flexibility index (Phi) is 3.61. The second kappa shape index (κ2) is 4.44. The number of hydrogen-bond donors (Lipinski definition) is 0. The summed E-state index contributed by atoms with van der Waals surface area (Å²) in [6.07, 6.45) is 5.30. The number of carbonyl (C=O) groups excluding carboxylic acids is 1. The molecule has 2 heteroatoms. The van der Waals surface area contributed by atoms with E-state index in [4.69, 9.17) is 0 Å². The van der Waals surface area contributed by atoms with Crippen molar-refractivity contribution >= 4 is 5.91 Å². The highest BCUT2D eigenvalue weighted by Gasteiger charge is 2.44. The van der Waals surface area contributed by atoms with Crippen molar-refractivity contribution in [3.8, 4) is 0 Å². The molecule has 0 saturated carbocycles. The van der Waals surface area contributed by atoms with Crippen LogP contribution in [-0.4, -0.2) is 17.9 Å². The van der Waals surface area contributed by atoms with E-state index in [0.29, 0.717) is 5.92 Å². The molecule has 0 spiro atoms. The highest BCUT2D eigenvalue weighted by Crippen LogP contribution is 2.44. The predicted molar refractivity (Wildman–Crippen MR) is 67.8 cm³/mol. The van der Waals surface area contributed by atoms with Gasteiger partial charge in [0.2, 0.25) is 5.91 Å². The van der Waals surface area contributed by atoms with Crippen molar-refractivity contribution in [2.45, 2.75) is 41.0 Å². The molecule has 2 aliphatic rings. The first-order valence-corrected chi connectivity index (χ1v) is 6.14. The molecular formula is C14H23NO. The van der Waals surface area contributed by atoms with Gasteiger partial charge >= 0.3 is 0 Å². The Balaban J connectivity index is 0.000000606. The lowest BCUT2D eigenvalue weighted by Crippen LogP contribution is -2.30. The van der Waals surface area contributed by atoms with Crippen LogP contribution in [0.1, 0.15) is 41.0 Å². The highest BCUT2D eigenvalue weighted by molar-refractivity contribution is 5.91. The summed E-state index contributed by atoms with van der Waals surface area (Å²) in [5, 5.41) is 0. The number of nitrogens with zero attached hydrogens (tertiary/aromatic N) is 1. The molecule has 0 saturated heterocycles. The molecule has 2 nitrogen and oxygen atoms in total. The smallest absolute Gasteiger partial charge is 0.236 e. The highest BCUT2D eigenvalue weighted by atomic mass is 16.2. The van der Waals surface area contributed by atoms with Crippen molar-refractivity contribution in [2.24, 2.45) is 11.3 Å². The maximum Gasteiger partial charge on any atom is 0.236 e. The topological polar surface area (TPSA) is 20.3 Å². The van der Waals surface area contributed by atoms with Crippen molar-refractivity contribution in [1.82, 2.24) is 4.90 Å². The van der Waals surface area contributed by atoms with Gasteiger partial charge in [0, 0.05) is 12.7 Å². The Hall–Kier alpha value is -1.05. The van der Waals surface area contributed by atoms with Gasteiger partial charge in [0.1, 0.15) is 0 Å². The lowest BCUT2D eigenvalue weighted by Gasteiger charge is -2.22. The molecule has 2 rings (SSSR count). The zero-order valence-electron chi connectivity index (χ0n) is 11.3. The zero-order chi connectivity index (χ0) is 12.5.